The molecular weight excluding hydrogens is 248 g/mol. The minimum absolute atomic E-state index is 0.158. The zero-order valence-electron chi connectivity index (χ0n) is 9.62. The summed E-state index contributed by atoms with van der Waals surface area (Å²) in [4.78, 5) is 21.9. The fourth-order valence-electron chi connectivity index (χ4n) is 1.90. The second-order valence-corrected chi connectivity index (χ2v) is 3.99. The van der Waals surface area contributed by atoms with Crippen molar-refractivity contribution in [1.29, 1.82) is 0 Å². The van der Waals surface area contributed by atoms with Gasteiger partial charge < -0.3 is 9.73 Å². The lowest BCUT2D eigenvalue weighted by Gasteiger charge is -1.96. The molecule has 6 heteroatoms. The van der Waals surface area contributed by atoms with Gasteiger partial charge in [-0.05, 0) is 18.2 Å². The number of fused-ring (bicyclic) bond motifs is 1. The van der Waals surface area contributed by atoms with Crippen LogP contribution in [0.1, 0.15) is 16.1 Å². The van der Waals surface area contributed by atoms with Gasteiger partial charge in [0.25, 0.3) is 0 Å². The van der Waals surface area contributed by atoms with Gasteiger partial charge in [-0.25, -0.2) is 0 Å². The van der Waals surface area contributed by atoms with E-state index in [1.54, 1.807) is 18.2 Å². The van der Waals surface area contributed by atoms with E-state index in [-0.39, 0.29) is 17.4 Å². The van der Waals surface area contributed by atoms with Gasteiger partial charge in [-0.3, -0.25) is 14.9 Å². The van der Waals surface area contributed by atoms with Crippen LogP contribution in [-0.4, -0.2) is 10.7 Å². The first-order valence-electron chi connectivity index (χ1n) is 5.52. The third-order valence-corrected chi connectivity index (χ3v) is 2.76. The molecule has 0 radical (unpaired) electrons. The van der Waals surface area contributed by atoms with E-state index < -0.39 is 4.92 Å². The van der Waals surface area contributed by atoms with Gasteiger partial charge in [0.2, 0.25) is 5.78 Å². The Balaban J connectivity index is 1.94. The van der Waals surface area contributed by atoms with Crippen LogP contribution in [0.2, 0.25) is 0 Å². The van der Waals surface area contributed by atoms with E-state index in [2.05, 4.69) is 5.32 Å². The van der Waals surface area contributed by atoms with Crippen LogP contribution in [0.15, 0.2) is 46.5 Å². The van der Waals surface area contributed by atoms with E-state index in [0.29, 0.717) is 11.3 Å². The van der Waals surface area contributed by atoms with Gasteiger partial charge in [-0.2, -0.15) is 0 Å². The van der Waals surface area contributed by atoms with Gasteiger partial charge in [0.05, 0.1) is 11.8 Å². The van der Waals surface area contributed by atoms with Crippen LogP contribution < -0.4 is 5.32 Å². The van der Waals surface area contributed by atoms with Gasteiger partial charge in [0.1, 0.15) is 10.7 Å². The maximum atomic E-state index is 12.0. The molecule has 6 nitrogen and oxygen atoms in total. The molecular formula is C13H8N2O4. The molecule has 1 aliphatic heterocycles. The van der Waals surface area contributed by atoms with Crippen molar-refractivity contribution in [2.24, 2.45) is 0 Å². The topological polar surface area (TPSA) is 85.4 Å². The molecule has 3 rings (SSSR count). The minimum Gasteiger partial charge on any atom is -0.401 e. The van der Waals surface area contributed by atoms with E-state index in [1.165, 1.54) is 18.2 Å². The predicted molar refractivity (Wildman–Crippen MR) is 67.7 cm³/mol. The summed E-state index contributed by atoms with van der Waals surface area (Å²) in [6.07, 6.45) is 1.45. The number of benzene rings is 1. The number of nitrogens with one attached hydrogen (secondary N) is 1. The third kappa shape index (κ3) is 1.89. The predicted octanol–water partition coefficient (Wildman–Crippen LogP) is 2.84. The minimum atomic E-state index is -0.624. The molecule has 0 atom stereocenters. The molecule has 2 aromatic rings. The van der Waals surface area contributed by atoms with Crippen molar-refractivity contribution in [2.75, 3.05) is 5.32 Å². The Kier molecular flexibility index (Phi) is 2.42. The third-order valence-electron chi connectivity index (χ3n) is 2.76. The van der Waals surface area contributed by atoms with Gasteiger partial charge in [-0.15, -0.1) is 0 Å². The zero-order chi connectivity index (χ0) is 13.4. The maximum absolute atomic E-state index is 12.0. The lowest BCUT2D eigenvalue weighted by molar-refractivity contribution is -0.402. The lowest BCUT2D eigenvalue weighted by Crippen LogP contribution is -1.99. The average molecular weight is 256 g/mol. The van der Waals surface area contributed by atoms with E-state index >= 15 is 0 Å². The Morgan fingerprint density at radius 3 is 2.68 bits per heavy atom. The zero-order valence-corrected chi connectivity index (χ0v) is 9.62. The van der Waals surface area contributed by atoms with Crippen molar-refractivity contribution >= 4 is 23.4 Å². The number of Topliss-reactive ketones (excluding diaryl/α,β-unsaturated/α-hetero) is 1. The second-order valence-electron chi connectivity index (χ2n) is 3.99. The molecule has 1 aromatic heterocycles. The summed E-state index contributed by atoms with van der Waals surface area (Å²) in [6, 6.07) is 9.80. The Morgan fingerprint density at radius 2 is 2.00 bits per heavy atom. The number of furan rings is 1. The van der Waals surface area contributed by atoms with Crippen LogP contribution in [0.25, 0.3) is 6.08 Å². The van der Waals surface area contributed by atoms with Crippen molar-refractivity contribution in [2.45, 2.75) is 0 Å². The highest BCUT2D eigenvalue weighted by atomic mass is 16.6. The van der Waals surface area contributed by atoms with E-state index in [1.807, 2.05) is 6.07 Å². The van der Waals surface area contributed by atoms with Crippen molar-refractivity contribution in [3.05, 3.63) is 63.5 Å². The highest BCUT2D eigenvalue weighted by molar-refractivity contribution is 6.20. The maximum Gasteiger partial charge on any atom is 0.433 e. The molecule has 0 aliphatic carbocycles. The molecule has 0 saturated carbocycles. The number of para-hydroxylation sites is 1. The number of carbonyl (C=O) groups excluding carboxylic acids is 1. The summed E-state index contributed by atoms with van der Waals surface area (Å²) >= 11 is 0. The fraction of sp³-hybridized carbons (Fsp3) is 0. The first-order valence-corrected chi connectivity index (χ1v) is 5.52. The molecule has 0 spiro atoms. The number of allylic oxidation sites excluding steroid dienone is 1. The summed E-state index contributed by atoms with van der Waals surface area (Å²) in [5.41, 5.74) is 1.64. The molecule has 1 N–H and O–H groups in total. The molecule has 0 unspecified atom stereocenters. The number of hydrogen-bond donors (Lipinski definition) is 1. The van der Waals surface area contributed by atoms with Gasteiger partial charge in [-0.1, -0.05) is 12.1 Å². The molecule has 2 heterocycles. The average Bonchev–Trinajstić information content (AvgIpc) is 2.97. The van der Waals surface area contributed by atoms with Crippen molar-refractivity contribution in [3.8, 4) is 0 Å². The van der Waals surface area contributed by atoms with Crippen LogP contribution in [0.4, 0.5) is 11.6 Å². The Bertz CT molecular complexity index is 715. The monoisotopic (exact) mass is 256 g/mol. The van der Waals surface area contributed by atoms with Gasteiger partial charge >= 0.3 is 5.88 Å². The Labute approximate surface area is 107 Å². The van der Waals surface area contributed by atoms with Crippen molar-refractivity contribution in [3.63, 3.8) is 0 Å². The van der Waals surface area contributed by atoms with Crippen LogP contribution in [0.3, 0.4) is 0 Å². The van der Waals surface area contributed by atoms with Crippen LogP contribution in [0, 0.1) is 10.1 Å². The van der Waals surface area contributed by atoms with Crippen LogP contribution >= 0.6 is 0 Å². The normalized spacial score (nSPS) is 15.4. The van der Waals surface area contributed by atoms with Crippen molar-refractivity contribution < 1.29 is 14.1 Å². The molecule has 0 amide bonds. The molecule has 1 aliphatic rings. The van der Waals surface area contributed by atoms with Crippen LogP contribution in [0.5, 0.6) is 0 Å². The molecule has 0 bridgehead atoms. The largest absolute Gasteiger partial charge is 0.433 e. The fourth-order valence-corrected chi connectivity index (χ4v) is 1.90. The molecule has 19 heavy (non-hydrogen) atoms. The number of hydrogen-bond acceptors (Lipinski definition) is 5. The standard InChI is InChI=1S/C13H8N2O4/c16-13-9-3-1-2-4-10(9)14-11(13)7-8-5-6-12(19-8)15(17)18/h1-7,14H. The van der Waals surface area contributed by atoms with Crippen LogP contribution in [-0.2, 0) is 0 Å². The molecule has 0 fully saturated rings. The molecule has 94 valence electrons. The molecule has 0 saturated heterocycles. The van der Waals surface area contributed by atoms with E-state index in [9.17, 15) is 14.9 Å². The quantitative estimate of drug-likeness (QED) is 0.507. The van der Waals surface area contributed by atoms with Crippen molar-refractivity contribution in [1.82, 2.24) is 0 Å². The number of nitro groups is 1. The lowest BCUT2D eigenvalue weighted by atomic mass is 10.1. The second kappa shape index (κ2) is 4.09. The summed E-state index contributed by atoms with van der Waals surface area (Å²) in [6.45, 7) is 0. The highest BCUT2D eigenvalue weighted by Gasteiger charge is 2.24. The first kappa shape index (κ1) is 11.2. The summed E-state index contributed by atoms with van der Waals surface area (Å²) < 4.78 is 4.99. The number of carbonyl (C=O) groups is 1. The van der Waals surface area contributed by atoms with Gasteiger partial charge in [0.15, 0.2) is 0 Å². The SMILES string of the molecule is O=C1C(=Cc2ccc([N+](=O)[O-])o2)Nc2ccccc21. The van der Waals surface area contributed by atoms with Gasteiger partial charge in [0, 0.05) is 17.3 Å². The number of nitrogens with zero attached hydrogens (tertiary/aromatic N) is 1. The number of ketones is 1. The number of anilines is 1. The van der Waals surface area contributed by atoms with E-state index in [4.69, 9.17) is 4.42 Å². The first-order chi connectivity index (χ1) is 9.15. The smallest absolute Gasteiger partial charge is 0.401 e. The number of rotatable bonds is 2. The summed E-state index contributed by atoms with van der Waals surface area (Å²) in [5.74, 6) is -0.250. The van der Waals surface area contributed by atoms with E-state index in [0.717, 1.165) is 5.69 Å². The summed E-state index contributed by atoms with van der Waals surface area (Å²) in [5, 5.41) is 13.5. The summed E-state index contributed by atoms with van der Waals surface area (Å²) in [7, 11) is 0. The Hall–Kier alpha value is -2.89. The molecule has 1 aromatic carbocycles. The Morgan fingerprint density at radius 1 is 1.21 bits per heavy atom. The highest BCUT2D eigenvalue weighted by Crippen LogP contribution is 2.29.